The predicted molar refractivity (Wildman–Crippen MR) is 93.2 cm³/mol. The van der Waals surface area contributed by atoms with Gasteiger partial charge in [-0.15, -0.1) is 0 Å². The molecule has 0 aliphatic rings. The van der Waals surface area contributed by atoms with Crippen LogP contribution in [0.4, 0.5) is 16.2 Å². The first-order chi connectivity index (χ1) is 11.9. The average Bonchev–Trinajstić information content (AvgIpc) is 2.58. The van der Waals surface area contributed by atoms with Gasteiger partial charge in [0.05, 0.1) is 23.3 Å². The molecule has 132 valence electrons. The van der Waals surface area contributed by atoms with Crippen LogP contribution >= 0.6 is 0 Å². The van der Waals surface area contributed by atoms with E-state index in [1.807, 2.05) is 0 Å². The summed E-state index contributed by atoms with van der Waals surface area (Å²) < 4.78 is 5.03. The van der Waals surface area contributed by atoms with Crippen molar-refractivity contribution in [3.8, 4) is 11.5 Å². The lowest BCUT2D eigenvalue weighted by molar-refractivity contribution is -0.385. The highest BCUT2D eigenvalue weighted by molar-refractivity contribution is 5.90. The number of rotatable bonds is 6. The first-order valence-electron chi connectivity index (χ1n) is 7.57. The summed E-state index contributed by atoms with van der Waals surface area (Å²) in [6.45, 7) is 1.85. The summed E-state index contributed by atoms with van der Waals surface area (Å²) in [5.41, 5.74) is 1.34. The van der Waals surface area contributed by atoms with E-state index >= 15 is 0 Å². The molecule has 0 aliphatic heterocycles. The Balaban J connectivity index is 1.94. The minimum Gasteiger partial charge on any atom is -0.504 e. The van der Waals surface area contributed by atoms with Gasteiger partial charge in [-0.05, 0) is 31.0 Å². The van der Waals surface area contributed by atoms with Crippen LogP contribution in [0.5, 0.6) is 11.5 Å². The van der Waals surface area contributed by atoms with Crippen molar-refractivity contribution in [2.24, 2.45) is 0 Å². The van der Waals surface area contributed by atoms with Gasteiger partial charge >= 0.3 is 6.03 Å². The van der Waals surface area contributed by atoms with Crippen LogP contribution in [0.25, 0.3) is 0 Å². The molecule has 0 fully saturated rings. The maximum atomic E-state index is 12.0. The quantitative estimate of drug-likeness (QED) is 0.550. The van der Waals surface area contributed by atoms with Crippen LogP contribution in [-0.4, -0.2) is 29.7 Å². The lowest BCUT2D eigenvalue weighted by Crippen LogP contribution is -2.30. The van der Waals surface area contributed by atoms with Crippen molar-refractivity contribution in [3.05, 3.63) is 57.6 Å². The molecule has 2 aromatic carbocycles. The van der Waals surface area contributed by atoms with E-state index in [0.29, 0.717) is 29.0 Å². The highest BCUT2D eigenvalue weighted by Gasteiger charge is 2.14. The molecule has 0 aliphatic carbocycles. The van der Waals surface area contributed by atoms with E-state index in [1.165, 1.54) is 19.2 Å². The van der Waals surface area contributed by atoms with Crippen LogP contribution in [0, 0.1) is 17.0 Å². The van der Waals surface area contributed by atoms with Crippen molar-refractivity contribution in [2.45, 2.75) is 13.3 Å². The van der Waals surface area contributed by atoms with Crippen LogP contribution in [0.1, 0.15) is 11.1 Å². The monoisotopic (exact) mass is 345 g/mol. The minimum absolute atomic E-state index is 0.0433. The maximum absolute atomic E-state index is 12.0. The van der Waals surface area contributed by atoms with Gasteiger partial charge in [-0.2, -0.15) is 0 Å². The first kappa shape index (κ1) is 18.1. The smallest absolute Gasteiger partial charge is 0.319 e. The fourth-order valence-corrected chi connectivity index (χ4v) is 2.37. The van der Waals surface area contributed by atoms with E-state index in [0.717, 1.165) is 0 Å². The Morgan fingerprint density at radius 3 is 2.68 bits per heavy atom. The molecule has 0 spiro atoms. The largest absolute Gasteiger partial charge is 0.504 e. The van der Waals surface area contributed by atoms with E-state index in [2.05, 4.69) is 10.6 Å². The Labute approximate surface area is 144 Å². The van der Waals surface area contributed by atoms with E-state index in [4.69, 9.17) is 4.74 Å². The lowest BCUT2D eigenvalue weighted by Gasteiger charge is -2.11. The van der Waals surface area contributed by atoms with E-state index < -0.39 is 11.0 Å². The number of benzene rings is 2. The Kier molecular flexibility index (Phi) is 5.78. The number of nitro benzene ring substituents is 1. The summed E-state index contributed by atoms with van der Waals surface area (Å²) >= 11 is 0. The fourth-order valence-electron chi connectivity index (χ4n) is 2.37. The van der Waals surface area contributed by atoms with Crippen LogP contribution in [0.2, 0.25) is 0 Å². The fraction of sp³-hybridized carbons (Fsp3) is 0.235. The van der Waals surface area contributed by atoms with Gasteiger partial charge in [0, 0.05) is 12.6 Å². The Morgan fingerprint density at radius 1 is 1.28 bits per heavy atom. The molecule has 0 saturated carbocycles. The summed E-state index contributed by atoms with van der Waals surface area (Å²) in [4.78, 5) is 22.4. The number of anilines is 1. The van der Waals surface area contributed by atoms with E-state index in [9.17, 15) is 20.0 Å². The van der Waals surface area contributed by atoms with Gasteiger partial charge in [0.25, 0.3) is 5.69 Å². The number of carbonyl (C=O) groups is 1. The zero-order valence-corrected chi connectivity index (χ0v) is 13.9. The van der Waals surface area contributed by atoms with Crippen LogP contribution in [-0.2, 0) is 6.42 Å². The molecule has 0 saturated heterocycles. The zero-order valence-electron chi connectivity index (χ0n) is 13.9. The van der Waals surface area contributed by atoms with Gasteiger partial charge in [0.1, 0.15) is 0 Å². The minimum atomic E-state index is -0.496. The number of para-hydroxylation sites is 1. The molecule has 25 heavy (non-hydrogen) atoms. The standard InChI is InChI=1S/C17H19N3O5/c1-11-13(6-4-7-14(11)20(23)24)19-17(22)18-10-9-12-5-3-8-15(25-2)16(12)21/h3-8,21H,9-10H2,1-2H3,(H2,18,19,22). The molecule has 0 bridgehead atoms. The second-order valence-corrected chi connectivity index (χ2v) is 5.31. The summed E-state index contributed by atoms with van der Waals surface area (Å²) in [6, 6.07) is 9.13. The molecule has 2 amide bonds. The number of nitrogens with zero attached hydrogens (tertiary/aromatic N) is 1. The van der Waals surface area contributed by atoms with E-state index in [-0.39, 0.29) is 18.0 Å². The Bertz CT molecular complexity index is 792. The number of nitrogens with one attached hydrogen (secondary N) is 2. The van der Waals surface area contributed by atoms with Crippen LogP contribution in [0.3, 0.4) is 0 Å². The number of hydrogen-bond donors (Lipinski definition) is 3. The van der Waals surface area contributed by atoms with Crippen molar-refractivity contribution in [1.82, 2.24) is 5.32 Å². The van der Waals surface area contributed by atoms with Gasteiger partial charge in [-0.1, -0.05) is 18.2 Å². The average molecular weight is 345 g/mol. The first-order valence-corrected chi connectivity index (χ1v) is 7.57. The number of nitro groups is 1. The summed E-state index contributed by atoms with van der Waals surface area (Å²) in [5, 5.41) is 26.1. The molecule has 0 radical (unpaired) electrons. The van der Waals surface area contributed by atoms with Crippen LogP contribution < -0.4 is 15.4 Å². The molecule has 8 heteroatoms. The summed E-state index contributed by atoms with van der Waals surface area (Å²) in [5.74, 6) is 0.413. The van der Waals surface area contributed by atoms with Crippen LogP contribution in [0.15, 0.2) is 36.4 Å². The molecule has 8 nitrogen and oxygen atoms in total. The van der Waals surface area contributed by atoms with Crippen molar-refractivity contribution in [3.63, 3.8) is 0 Å². The number of urea groups is 1. The molecular formula is C17H19N3O5. The number of ether oxygens (including phenoxy) is 1. The number of phenols is 1. The van der Waals surface area contributed by atoms with Gasteiger partial charge in [-0.25, -0.2) is 4.79 Å². The lowest BCUT2D eigenvalue weighted by atomic mass is 10.1. The van der Waals surface area contributed by atoms with Gasteiger partial charge in [0.2, 0.25) is 0 Å². The predicted octanol–water partition coefficient (Wildman–Crippen LogP) is 2.98. The number of methoxy groups -OCH3 is 1. The number of amides is 2. The third-order valence-electron chi connectivity index (χ3n) is 3.73. The van der Waals surface area contributed by atoms with Crippen molar-refractivity contribution < 1.29 is 19.6 Å². The number of aromatic hydroxyl groups is 1. The number of hydrogen-bond acceptors (Lipinski definition) is 5. The number of carbonyl (C=O) groups excluding carboxylic acids is 1. The molecule has 0 heterocycles. The third kappa shape index (κ3) is 4.37. The summed E-state index contributed by atoms with van der Waals surface area (Å²) in [6.07, 6.45) is 0.407. The molecule has 0 unspecified atom stereocenters. The van der Waals surface area contributed by atoms with Crippen molar-refractivity contribution in [1.29, 1.82) is 0 Å². The molecule has 3 N–H and O–H groups in total. The normalized spacial score (nSPS) is 10.2. The van der Waals surface area contributed by atoms with Gasteiger partial charge in [0.15, 0.2) is 11.5 Å². The van der Waals surface area contributed by atoms with Gasteiger partial charge in [-0.3, -0.25) is 10.1 Å². The maximum Gasteiger partial charge on any atom is 0.319 e. The Hall–Kier alpha value is -3.29. The Morgan fingerprint density at radius 2 is 2.00 bits per heavy atom. The second-order valence-electron chi connectivity index (χ2n) is 5.31. The highest BCUT2D eigenvalue weighted by Crippen LogP contribution is 2.29. The SMILES string of the molecule is COc1cccc(CCNC(=O)Nc2cccc([N+](=O)[O-])c2C)c1O. The van der Waals surface area contributed by atoms with Crippen molar-refractivity contribution in [2.75, 3.05) is 19.0 Å². The number of phenolic OH excluding ortho intramolecular Hbond substituents is 1. The third-order valence-corrected chi connectivity index (χ3v) is 3.73. The van der Waals surface area contributed by atoms with Gasteiger partial charge < -0.3 is 20.5 Å². The van der Waals surface area contributed by atoms with E-state index in [1.54, 1.807) is 31.2 Å². The van der Waals surface area contributed by atoms with Crippen molar-refractivity contribution >= 4 is 17.4 Å². The molecule has 2 rings (SSSR count). The highest BCUT2D eigenvalue weighted by atomic mass is 16.6. The second kappa shape index (κ2) is 8.00. The zero-order chi connectivity index (χ0) is 18.4. The molecule has 2 aromatic rings. The summed E-state index contributed by atoms with van der Waals surface area (Å²) in [7, 11) is 1.46. The molecular weight excluding hydrogens is 326 g/mol. The topological polar surface area (TPSA) is 114 Å². The molecule has 0 aromatic heterocycles. The molecule has 0 atom stereocenters.